The van der Waals surface area contributed by atoms with Crippen LogP contribution in [-0.2, 0) is 6.42 Å². The molecule has 1 aromatic carbocycles. The van der Waals surface area contributed by atoms with Crippen LogP contribution in [0, 0.1) is 5.92 Å². The zero-order chi connectivity index (χ0) is 10.4. The van der Waals surface area contributed by atoms with Gasteiger partial charge in [0.25, 0.3) is 0 Å². The van der Waals surface area contributed by atoms with Crippen LogP contribution >= 0.6 is 27.5 Å². The Balaban J connectivity index is 1.92. The zero-order valence-electron chi connectivity index (χ0n) is 8.47. The van der Waals surface area contributed by atoms with Gasteiger partial charge in [-0.3, -0.25) is 0 Å². The number of fused-ring (bicyclic) bond motifs is 1. The van der Waals surface area contributed by atoms with Crippen molar-refractivity contribution < 1.29 is 0 Å². The minimum Gasteiger partial charge on any atom is -0.371 e. The maximum Gasteiger partial charge on any atom is 0.0601 e. The molecule has 15 heavy (non-hydrogen) atoms. The molecule has 1 fully saturated rings. The second kappa shape index (κ2) is 3.67. The van der Waals surface area contributed by atoms with E-state index in [1.165, 1.54) is 30.6 Å². The lowest BCUT2D eigenvalue weighted by atomic mass is 10.2. The van der Waals surface area contributed by atoms with E-state index in [9.17, 15) is 0 Å². The fraction of sp³-hybridized carbons (Fsp3) is 0.500. The van der Waals surface area contributed by atoms with Crippen LogP contribution in [0.5, 0.6) is 0 Å². The maximum absolute atomic E-state index is 6.28. The Morgan fingerprint density at radius 3 is 2.93 bits per heavy atom. The predicted molar refractivity (Wildman–Crippen MR) is 67.8 cm³/mol. The van der Waals surface area contributed by atoms with Crippen molar-refractivity contribution in [3.63, 3.8) is 0 Å². The van der Waals surface area contributed by atoms with Crippen molar-refractivity contribution in [2.75, 3.05) is 18.0 Å². The summed E-state index contributed by atoms with van der Waals surface area (Å²) in [6, 6.07) is 4.26. The van der Waals surface area contributed by atoms with E-state index in [0.717, 1.165) is 28.4 Å². The fourth-order valence-electron chi connectivity index (χ4n) is 2.29. The molecule has 1 saturated carbocycles. The number of halogens is 2. The zero-order valence-corrected chi connectivity index (χ0v) is 10.8. The summed E-state index contributed by atoms with van der Waals surface area (Å²) in [6.45, 7) is 2.37. The molecule has 0 bridgehead atoms. The van der Waals surface area contributed by atoms with Crippen LogP contribution in [0.25, 0.3) is 0 Å². The van der Waals surface area contributed by atoms with Crippen molar-refractivity contribution in [3.05, 3.63) is 27.2 Å². The van der Waals surface area contributed by atoms with Crippen molar-refractivity contribution >= 4 is 33.2 Å². The molecule has 3 rings (SSSR count). The number of hydrogen-bond donors (Lipinski definition) is 0. The van der Waals surface area contributed by atoms with Crippen molar-refractivity contribution in [1.82, 2.24) is 0 Å². The number of nitrogens with zero attached hydrogens (tertiary/aromatic N) is 1. The topological polar surface area (TPSA) is 3.24 Å². The summed E-state index contributed by atoms with van der Waals surface area (Å²) >= 11 is 9.76. The van der Waals surface area contributed by atoms with Gasteiger partial charge in [0.05, 0.1) is 5.02 Å². The van der Waals surface area contributed by atoms with Crippen LogP contribution < -0.4 is 4.90 Å². The molecule has 1 nitrogen and oxygen atoms in total. The van der Waals surface area contributed by atoms with Gasteiger partial charge in [-0.25, -0.2) is 0 Å². The molecule has 0 radical (unpaired) electrons. The van der Waals surface area contributed by atoms with Crippen molar-refractivity contribution in [2.24, 2.45) is 5.92 Å². The first-order valence-electron chi connectivity index (χ1n) is 5.47. The highest BCUT2D eigenvalue weighted by Gasteiger charge is 2.29. The van der Waals surface area contributed by atoms with Gasteiger partial charge in [0.1, 0.15) is 0 Å². The van der Waals surface area contributed by atoms with Crippen LogP contribution in [0.15, 0.2) is 16.6 Å². The Kier molecular flexibility index (Phi) is 2.44. The maximum atomic E-state index is 6.28. The molecule has 1 heterocycles. The first-order valence-corrected chi connectivity index (χ1v) is 6.64. The van der Waals surface area contributed by atoms with Crippen LogP contribution in [-0.4, -0.2) is 13.1 Å². The molecular formula is C12H13BrClN. The van der Waals surface area contributed by atoms with Crippen molar-refractivity contribution in [3.8, 4) is 0 Å². The molecule has 0 saturated heterocycles. The van der Waals surface area contributed by atoms with Gasteiger partial charge < -0.3 is 4.90 Å². The van der Waals surface area contributed by atoms with E-state index in [2.05, 4.69) is 33.0 Å². The summed E-state index contributed by atoms with van der Waals surface area (Å²) in [5.41, 5.74) is 2.68. The quantitative estimate of drug-likeness (QED) is 0.797. The van der Waals surface area contributed by atoms with Gasteiger partial charge >= 0.3 is 0 Å². The smallest absolute Gasteiger partial charge is 0.0601 e. The number of benzene rings is 1. The lowest BCUT2D eigenvalue weighted by Crippen LogP contribution is -2.22. The Hall–Kier alpha value is -0.210. The lowest BCUT2D eigenvalue weighted by Gasteiger charge is -2.19. The Morgan fingerprint density at radius 2 is 2.20 bits per heavy atom. The van der Waals surface area contributed by atoms with E-state index in [-0.39, 0.29) is 0 Å². The third-order valence-electron chi connectivity index (χ3n) is 3.32. The monoisotopic (exact) mass is 285 g/mol. The molecule has 0 N–H and O–H groups in total. The molecule has 1 aliphatic heterocycles. The summed E-state index contributed by atoms with van der Waals surface area (Å²) in [6.07, 6.45) is 3.92. The van der Waals surface area contributed by atoms with E-state index >= 15 is 0 Å². The highest BCUT2D eigenvalue weighted by Crippen LogP contribution is 2.40. The highest BCUT2D eigenvalue weighted by molar-refractivity contribution is 9.10. The predicted octanol–water partition coefficient (Wildman–Crippen LogP) is 3.88. The third-order valence-corrected chi connectivity index (χ3v) is 4.64. The summed E-state index contributed by atoms with van der Waals surface area (Å²) in [7, 11) is 0. The second-order valence-electron chi connectivity index (χ2n) is 4.50. The largest absolute Gasteiger partial charge is 0.371 e. The minimum atomic E-state index is 0.908. The molecule has 2 aliphatic rings. The first-order chi connectivity index (χ1) is 7.25. The van der Waals surface area contributed by atoms with Crippen LogP contribution in [0.4, 0.5) is 5.69 Å². The summed E-state index contributed by atoms with van der Waals surface area (Å²) in [5, 5.41) is 0.908. The van der Waals surface area contributed by atoms with Crippen molar-refractivity contribution in [1.29, 1.82) is 0 Å². The number of rotatable bonds is 2. The summed E-state index contributed by atoms with van der Waals surface area (Å²) in [4.78, 5) is 2.49. The van der Waals surface area contributed by atoms with Crippen LogP contribution in [0.3, 0.4) is 0 Å². The van der Waals surface area contributed by atoms with Gasteiger partial charge in [-0.1, -0.05) is 11.6 Å². The third kappa shape index (κ3) is 1.78. The Bertz CT molecular complexity index is 401. The number of anilines is 1. The van der Waals surface area contributed by atoms with Crippen LogP contribution in [0.1, 0.15) is 18.4 Å². The minimum absolute atomic E-state index is 0.908. The second-order valence-corrected chi connectivity index (χ2v) is 5.73. The number of hydrogen-bond acceptors (Lipinski definition) is 1. The van der Waals surface area contributed by atoms with E-state index in [1.54, 1.807) is 0 Å². The summed E-state index contributed by atoms with van der Waals surface area (Å²) < 4.78 is 1.02. The average Bonchev–Trinajstić information content (AvgIpc) is 2.93. The molecule has 1 aromatic rings. The van der Waals surface area contributed by atoms with E-state index < -0.39 is 0 Å². The van der Waals surface area contributed by atoms with E-state index in [0.29, 0.717) is 0 Å². The molecule has 0 aromatic heterocycles. The SMILES string of the molecule is Clc1c(Br)ccc2c1CCN2CC1CC1. The van der Waals surface area contributed by atoms with Gasteiger partial charge in [0.15, 0.2) is 0 Å². The molecule has 0 atom stereocenters. The normalized spacial score (nSPS) is 19.5. The average molecular weight is 287 g/mol. The molecule has 80 valence electrons. The Morgan fingerprint density at radius 1 is 1.40 bits per heavy atom. The van der Waals surface area contributed by atoms with Crippen molar-refractivity contribution in [2.45, 2.75) is 19.3 Å². The fourth-order valence-corrected chi connectivity index (χ4v) is 2.91. The molecule has 0 unspecified atom stereocenters. The summed E-state index contributed by atoms with van der Waals surface area (Å²) in [5.74, 6) is 0.943. The highest BCUT2D eigenvalue weighted by atomic mass is 79.9. The standard InChI is InChI=1S/C12H13BrClN/c13-10-3-4-11-9(12(10)14)5-6-15(11)7-8-1-2-8/h3-4,8H,1-2,5-7H2. The van der Waals surface area contributed by atoms with Gasteiger partial charge in [-0.2, -0.15) is 0 Å². The Labute approximate surface area is 104 Å². The van der Waals surface area contributed by atoms with Gasteiger partial charge in [0, 0.05) is 23.2 Å². The molecule has 1 aliphatic carbocycles. The molecule has 0 spiro atoms. The van der Waals surface area contributed by atoms with Crippen LogP contribution in [0.2, 0.25) is 5.02 Å². The molecule has 0 amide bonds. The lowest BCUT2D eigenvalue weighted by molar-refractivity contribution is 0.747. The van der Waals surface area contributed by atoms with Gasteiger partial charge in [-0.05, 0) is 58.8 Å². The van der Waals surface area contributed by atoms with E-state index in [1.807, 2.05) is 0 Å². The van der Waals surface area contributed by atoms with Gasteiger partial charge in [-0.15, -0.1) is 0 Å². The molecule has 3 heteroatoms. The van der Waals surface area contributed by atoms with E-state index in [4.69, 9.17) is 11.6 Å². The van der Waals surface area contributed by atoms with Gasteiger partial charge in [0.2, 0.25) is 0 Å². The first kappa shape index (κ1) is 9.98. The molecular weight excluding hydrogens is 273 g/mol.